The highest BCUT2D eigenvalue weighted by molar-refractivity contribution is 7.09. The zero-order valence-electron chi connectivity index (χ0n) is 8.46. The summed E-state index contributed by atoms with van der Waals surface area (Å²) in [6.45, 7) is 0.677. The van der Waals surface area contributed by atoms with E-state index < -0.39 is 0 Å². The van der Waals surface area contributed by atoms with E-state index in [2.05, 4.69) is 15.4 Å². The molecule has 2 heterocycles. The molecule has 0 fully saturated rings. The Morgan fingerprint density at radius 1 is 1.62 bits per heavy atom. The quantitative estimate of drug-likeness (QED) is 0.797. The molecular weight excluding hydrogens is 226 g/mol. The van der Waals surface area contributed by atoms with E-state index in [9.17, 15) is 4.79 Å². The Hall–Kier alpha value is -1.89. The first kappa shape index (κ1) is 10.6. The Kier molecular flexibility index (Phi) is 3.16. The van der Waals surface area contributed by atoms with E-state index in [-0.39, 0.29) is 18.4 Å². The number of carbonyl (C=O) groups excluding carboxylic acids is 1. The van der Waals surface area contributed by atoms with E-state index in [0.29, 0.717) is 6.54 Å². The highest BCUT2D eigenvalue weighted by atomic mass is 32.1. The number of aromatic nitrogens is 3. The molecule has 3 N–H and O–H groups in total. The lowest BCUT2D eigenvalue weighted by atomic mass is 10.4. The summed E-state index contributed by atoms with van der Waals surface area (Å²) in [5.74, 6) is 0.0596. The van der Waals surface area contributed by atoms with E-state index in [1.807, 2.05) is 17.5 Å². The second-order valence-electron chi connectivity index (χ2n) is 3.16. The molecule has 0 atom stereocenters. The summed E-state index contributed by atoms with van der Waals surface area (Å²) in [6.07, 6.45) is 1.43. The van der Waals surface area contributed by atoms with Crippen molar-refractivity contribution in [2.24, 2.45) is 0 Å². The maximum Gasteiger partial charge on any atom is 0.242 e. The van der Waals surface area contributed by atoms with Gasteiger partial charge in [-0.3, -0.25) is 4.79 Å². The van der Waals surface area contributed by atoms with Crippen LogP contribution in [0.2, 0.25) is 0 Å². The Balaban J connectivity index is 1.81. The molecule has 1 amide bonds. The van der Waals surface area contributed by atoms with Crippen molar-refractivity contribution in [1.29, 1.82) is 0 Å². The molecule has 2 aromatic rings. The van der Waals surface area contributed by atoms with Crippen molar-refractivity contribution in [1.82, 2.24) is 20.1 Å². The first-order chi connectivity index (χ1) is 7.74. The van der Waals surface area contributed by atoms with Gasteiger partial charge in [-0.05, 0) is 11.4 Å². The van der Waals surface area contributed by atoms with E-state index >= 15 is 0 Å². The zero-order chi connectivity index (χ0) is 11.4. The predicted molar refractivity (Wildman–Crippen MR) is 60.6 cm³/mol. The molecule has 0 saturated carbocycles. The van der Waals surface area contributed by atoms with Crippen LogP contribution in [0.15, 0.2) is 23.8 Å². The van der Waals surface area contributed by atoms with Gasteiger partial charge in [0.05, 0.1) is 6.54 Å². The first-order valence-corrected chi connectivity index (χ1v) is 5.56. The van der Waals surface area contributed by atoms with Crippen molar-refractivity contribution in [3.05, 3.63) is 28.7 Å². The van der Waals surface area contributed by atoms with Crippen LogP contribution in [-0.2, 0) is 17.9 Å². The minimum atomic E-state index is -0.113. The second-order valence-corrected chi connectivity index (χ2v) is 4.19. The van der Waals surface area contributed by atoms with Gasteiger partial charge in [-0.2, -0.15) is 0 Å². The number of amides is 1. The molecule has 0 bridgehead atoms. The minimum Gasteiger partial charge on any atom is -0.367 e. The van der Waals surface area contributed by atoms with Crippen LogP contribution in [0.4, 0.5) is 5.95 Å². The molecule has 0 aliphatic heterocycles. The fraction of sp³-hybridized carbons (Fsp3) is 0.222. The smallest absolute Gasteiger partial charge is 0.242 e. The molecule has 0 radical (unpaired) electrons. The van der Waals surface area contributed by atoms with E-state index in [1.165, 1.54) is 11.0 Å². The largest absolute Gasteiger partial charge is 0.367 e. The topological polar surface area (TPSA) is 85.8 Å². The van der Waals surface area contributed by atoms with Crippen molar-refractivity contribution in [2.45, 2.75) is 13.1 Å². The summed E-state index contributed by atoms with van der Waals surface area (Å²) in [6, 6.07) is 3.92. The van der Waals surface area contributed by atoms with Crippen LogP contribution in [0.3, 0.4) is 0 Å². The van der Waals surface area contributed by atoms with Crippen LogP contribution in [0.25, 0.3) is 0 Å². The summed E-state index contributed by atoms with van der Waals surface area (Å²) < 4.78 is 1.40. The Bertz CT molecular complexity index is 464. The van der Waals surface area contributed by atoms with Crippen molar-refractivity contribution in [3.8, 4) is 0 Å². The number of nitrogen functional groups attached to an aromatic ring is 1. The average molecular weight is 237 g/mol. The molecule has 6 nitrogen and oxygen atoms in total. The van der Waals surface area contributed by atoms with Gasteiger partial charge in [0, 0.05) is 4.88 Å². The number of carbonyl (C=O) groups is 1. The first-order valence-electron chi connectivity index (χ1n) is 4.68. The molecule has 0 saturated heterocycles. The second kappa shape index (κ2) is 4.75. The Morgan fingerprint density at radius 2 is 2.50 bits per heavy atom. The lowest BCUT2D eigenvalue weighted by Crippen LogP contribution is -2.27. The molecule has 2 aromatic heterocycles. The predicted octanol–water partition coefficient (Wildman–Crippen LogP) is 0.238. The van der Waals surface area contributed by atoms with Crippen LogP contribution < -0.4 is 11.1 Å². The average Bonchev–Trinajstić information content (AvgIpc) is 2.87. The van der Waals surface area contributed by atoms with Gasteiger partial charge in [-0.15, -0.1) is 16.4 Å². The standard InChI is InChI=1S/C9H11N5OS/c10-9-12-6-14(13-9)5-8(15)11-4-7-2-1-3-16-7/h1-3,6H,4-5H2,(H2,10,13)(H,11,15). The van der Waals surface area contributed by atoms with E-state index in [4.69, 9.17) is 5.73 Å². The minimum absolute atomic E-state index is 0.113. The van der Waals surface area contributed by atoms with Gasteiger partial charge in [-0.25, -0.2) is 9.67 Å². The lowest BCUT2D eigenvalue weighted by molar-refractivity contribution is -0.122. The highest BCUT2D eigenvalue weighted by Crippen LogP contribution is 2.07. The molecular formula is C9H11N5OS. The molecule has 0 spiro atoms. The number of thiophene rings is 1. The van der Waals surface area contributed by atoms with Crippen molar-refractivity contribution >= 4 is 23.2 Å². The van der Waals surface area contributed by atoms with Crippen LogP contribution in [0, 0.1) is 0 Å². The fourth-order valence-corrected chi connectivity index (χ4v) is 1.83. The van der Waals surface area contributed by atoms with Crippen LogP contribution in [0.5, 0.6) is 0 Å². The van der Waals surface area contributed by atoms with Crippen LogP contribution >= 0.6 is 11.3 Å². The molecule has 0 aliphatic rings. The maximum absolute atomic E-state index is 11.5. The van der Waals surface area contributed by atoms with Crippen molar-refractivity contribution in [3.63, 3.8) is 0 Å². The van der Waals surface area contributed by atoms with E-state index in [0.717, 1.165) is 4.88 Å². The zero-order valence-corrected chi connectivity index (χ0v) is 9.28. The summed E-state index contributed by atoms with van der Waals surface area (Å²) in [7, 11) is 0. The number of nitrogens with one attached hydrogen (secondary N) is 1. The Labute approximate surface area is 96.1 Å². The summed E-state index contributed by atoms with van der Waals surface area (Å²) in [5, 5.41) is 8.58. The molecule has 0 aliphatic carbocycles. The highest BCUT2D eigenvalue weighted by Gasteiger charge is 2.04. The number of nitrogens with two attached hydrogens (primary N) is 1. The van der Waals surface area contributed by atoms with Crippen LogP contribution in [0.1, 0.15) is 4.88 Å². The molecule has 2 rings (SSSR count). The van der Waals surface area contributed by atoms with E-state index in [1.54, 1.807) is 11.3 Å². The maximum atomic E-state index is 11.5. The number of rotatable bonds is 4. The number of hydrogen-bond donors (Lipinski definition) is 2. The summed E-state index contributed by atoms with van der Waals surface area (Å²) >= 11 is 1.61. The Morgan fingerprint density at radius 3 is 3.12 bits per heavy atom. The third-order valence-corrected chi connectivity index (χ3v) is 2.78. The van der Waals surface area contributed by atoms with Gasteiger partial charge >= 0.3 is 0 Å². The molecule has 7 heteroatoms. The molecule has 0 unspecified atom stereocenters. The van der Waals surface area contributed by atoms with Crippen molar-refractivity contribution in [2.75, 3.05) is 5.73 Å². The van der Waals surface area contributed by atoms with Gasteiger partial charge in [0.25, 0.3) is 0 Å². The van der Waals surface area contributed by atoms with Gasteiger partial charge < -0.3 is 11.1 Å². The monoisotopic (exact) mass is 237 g/mol. The number of anilines is 1. The SMILES string of the molecule is Nc1ncn(CC(=O)NCc2cccs2)n1. The van der Waals surface area contributed by atoms with Gasteiger partial charge in [0.15, 0.2) is 0 Å². The third kappa shape index (κ3) is 2.80. The molecule has 16 heavy (non-hydrogen) atoms. The molecule has 0 aromatic carbocycles. The number of nitrogens with zero attached hydrogens (tertiary/aromatic N) is 3. The number of hydrogen-bond acceptors (Lipinski definition) is 5. The third-order valence-electron chi connectivity index (χ3n) is 1.90. The summed E-state index contributed by atoms with van der Waals surface area (Å²) in [4.78, 5) is 16.3. The summed E-state index contributed by atoms with van der Waals surface area (Å²) in [5.41, 5.74) is 5.33. The fourth-order valence-electron chi connectivity index (χ4n) is 1.19. The normalized spacial score (nSPS) is 10.2. The van der Waals surface area contributed by atoms with Crippen LogP contribution in [-0.4, -0.2) is 20.7 Å². The lowest BCUT2D eigenvalue weighted by Gasteiger charge is -2.02. The van der Waals surface area contributed by atoms with Crippen molar-refractivity contribution < 1.29 is 4.79 Å². The van der Waals surface area contributed by atoms with Gasteiger partial charge in [0.1, 0.15) is 12.9 Å². The molecule has 84 valence electrons. The van der Waals surface area contributed by atoms with Gasteiger partial charge in [0.2, 0.25) is 11.9 Å². The van der Waals surface area contributed by atoms with Gasteiger partial charge in [-0.1, -0.05) is 6.07 Å².